The highest BCUT2D eigenvalue weighted by molar-refractivity contribution is 4.69. The van der Waals surface area contributed by atoms with Gasteiger partial charge in [-0.3, -0.25) is 0 Å². The molecule has 2 nitrogen and oxygen atoms in total. The van der Waals surface area contributed by atoms with E-state index in [1.165, 1.54) is 6.42 Å². The summed E-state index contributed by atoms with van der Waals surface area (Å²) < 4.78 is 0. The minimum atomic E-state index is -0.422. The van der Waals surface area contributed by atoms with Gasteiger partial charge in [-0.15, -0.1) is 0 Å². The summed E-state index contributed by atoms with van der Waals surface area (Å²) in [6.07, 6.45) is 4.20. The molecule has 0 aromatic heterocycles. The summed E-state index contributed by atoms with van der Waals surface area (Å²) >= 11 is 0. The fourth-order valence-corrected chi connectivity index (χ4v) is 1.07. The van der Waals surface area contributed by atoms with E-state index in [1.807, 2.05) is 13.8 Å². The average Bonchev–Trinajstić information content (AvgIpc) is 1.87. The molecule has 0 amide bonds. The lowest BCUT2D eigenvalue weighted by Gasteiger charge is -2.21. The van der Waals surface area contributed by atoms with E-state index in [0.29, 0.717) is 0 Å². The Morgan fingerprint density at radius 3 is 2.17 bits per heavy atom. The Hall–Kier alpha value is -0.0800. The SMILES string of the molecule is CCC(C)(O)CCCC(C)C.O. The molecule has 1 unspecified atom stereocenters. The van der Waals surface area contributed by atoms with Crippen LogP contribution in [0.1, 0.15) is 53.4 Å². The van der Waals surface area contributed by atoms with Crippen molar-refractivity contribution in [3.8, 4) is 0 Å². The molecule has 0 aliphatic carbocycles. The van der Waals surface area contributed by atoms with Gasteiger partial charge in [-0.05, 0) is 25.7 Å². The van der Waals surface area contributed by atoms with E-state index >= 15 is 0 Å². The lowest BCUT2D eigenvalue weighted by Crippen LogP contribution is -2.22. The standard InChI is InChI=1S/C10H22O.H2O/c1-5-10(4,11)8-6-7-9(2)3;/h9,11H,5-8H2,1-4H3;1H2. The van der Waals surface area contributed by atoms with Gasteiger partial charge in [-0.1, -0.05) is 33.6 Å². The van der Waals surface area contributed by atoms with Crippen LogP contribution in [0.4, 0.5) is 0 Å². The zero-order valence-corrected chi connectivity index (χ0v) is 8.85. The third-order valence-electron chi connectivity index (χ3n) is 2.26. The summed E-state index contributed by atoms with van der Waals surface area (Å²) in [5.41, 5.74) is -0.422. The topological polar surface area (TPSA) is 51.7 Å². The van der Waals surface area contributed by atoms with Gasteiger partial charge in [-0.25, -0.2) is 0 Å². The third kappa shape index (κ3) is 8.02. The molecule has 0 aliphatic rings. The van der Waals surface area contributed by atoms with Crippen molar-refractivity contribution in [3.63, 3.8) is 0 Å². The Kier molecular flexibility index (Phi) is 7.75. The molecule has 0 bridgehead atoms. The molecule has 0 aliphatic heterocycles. The Balaban J connectivity index is 0. The summed E-state index contributed by atoms with van der Waals surface area (Å²) in [7, 11) is 0. The van der Waals surface area contributed by atoms with E-state index in [9.17, 15) is 5.11 Å². The van der Waals surface area contributed by atoms with Crippen LogP contribution in [0, 0.1) is 5.92 Å². The van der Waals surface area contributed by atoms with E-state index in [1.54, 1.807) is 0 Å². The van der Waals surface area contributed by atoms with Gasteiger partial charge in [0.1, 0.15) is 0 Å². The van der Waals surface area contributed by atoms with Crippen LogP contribution in [0.3, 0.4) is 0 Å². The van der Waals surface area contributed by atoms with Crippen LogP contribution >= 0.6 is 0 Å². The normalized spacial score (nSPS) is 15.5. The van der Waals surface area contributed by atoms with Gasteiger partial charge in [0.2, 0.25) is 0 Å². The Labute approximate surface area is 76.3 Å². The second-order valence-electron chi connectivity index (χ2n) is 4.14. The zero-order valence-electron chi connectivity index (χ0n) is 8.85. The van der Waals surface area contributed by atoms with E-state index in [4.69, 9.17) is 0 Å². The van der Waals surface area contributed by atoms with Crippen LogP contribution in [0.25, 0.3) is 0 Å². The van der Waals surface area contributed by atoms with Gasteiger partial charge >= 0.3 is 0 Å². The summed E-state index contributed by atoms with van der Waals surface area (Å²) in [5.74, 6) is 0.766. The number of hydrogen-bond donors (Lipinski definition) is 1. The Bertz CT molecular complexity index is 98.0. The highest BCUT2D eigenvalue weighted by atomic mass is 16.3. The Morgan fingerprint density at radius 1 is 1.33 bits per heavy atom. The molecule has 1 atom stereocenters. The molecule has 2 heteroatoms. The summed E-state index contributed by atoms with van der Waals surface area (Å²) in [6.45, 7) is 8.41. The van der Waals surface area contributed by atoms with Crippen molar-refractivity contribution >= 4 is 0 Å². The van der Waals surface area contributed by atoms with E-state index in [-0.39, 0.29) is 5.48 Å². The first kappa shape index (κ1) is 14.4. The molecule has 0 aromatic rings. The van der Waals surface area contributed by atoms with Crippen LogP contribution in [-0.2, 0) is 0 Å². The third-order valence-corrected chi connectivity index (χ3v) is 2.26. The second-order valence-corrected chi connectivity index (χ2v) is 4.14. The van der Waals surface area contributed by atoms with Gasteiger partial charge in [0, 0.05) is 0 Å². The summed E-state index contributed by atoms with van der Waals surface area (Å²) in [5, 5.41) is 9.64. The van der Waals surface area contributed by atoms with Gasteiger partial charge < -0.3 is 10.6 Å². The van der Waals surface area contributed by atoms with Crippen molar-refractivity contribution in [2.45, 2.75) is 59.0 Å². The minimum Gasteiger partial charge on any atom is -0.412 e. The van der Waals surface area contributed by atoms with Crippen LogP contribution in [0.15, 0.2) is 0 Å². The molecule has 3 N–H and O–H groups in total. The first-order chi connectivity index (χ1) is 4.98. The molecule has 12 heavy (non-hydrogen) atoms. The zero-order chi connectivity index (χ0) is 8.91. The maximum Gasteiger partial charge on any atom is 0.0617 e. The van der Waals surface area contributed by atoms with E-state index < -0.39 is 5.60 Å². The lowest BCUT2D eigenvalue weighted by atomic mass is 9.94. The first-order valence-corrected chi connectivity index (χ1v) is 4.70. The largest absolute Gasteiger partial charge is 0.412 e. The Morgan fingerprint density at radius 2 is 1.83 bits per heavy atom. The van der Waals surface area contributed by atoms with Crippen molar-refractivity contribution in [1.82, 2.24) is 0 Å². The van der Waals surface area contributed by atoms with E-state index in [2.05, 4.69) is 13.8 Å². The fourth-order valence-electron chi connectivity index (χ4n) is 1.07. The molecule has 0 spiro atoms. The predicted molar refractivity (Wildman–Crippen MR) is 53.2 cm³/mol. The van der Waals surface area contributed by atoms with Crippen LogP contribution < -0.4 is 0 Å². The van der Waals surface area contributed by atoms with Crippen LogP contribution in [-0.4, -0.2) is 16.2 Å². The minimum absolute atomic E-state index is 0. The highest BCUT2D eigenvalue weighted by Crippen LogP contribution is 2.18. The fraction of sp³-hybridized carbons (Fsp3) is 1.00. The number of aliphatic hydroxyl groups is 1. The van der Waals surface area contributed by atoms with Crippen molar-refractivity contribution in [2.24, 2.45) is 5.92 Å². The van der Waals surface area contributed by atoms with Crippen LogP contribution in [0.5, 0.6) is 0 Å². The first-order valence-electron chi connectivity index (χ1n) is 4.70. The van der Waals surface area contributed by atoms with Gasteiger partial charge in [0.05, 0.1) is 5.60 Å². The lowest BCUT2D eigenvalue weighted by molar-refractivity contribution is 0.0435. The van der Waals surface area contributed by atoms with Gasteiger partial charge in [-0.2, -0.15) is 0 Å². The molecule has 0 saturated heterocycles. The maximum atomic E-state index is 9.64. The molecule has 0 heterocycles. The monoisotopic (exact) mass is 176 g/mol. The molecule has 0 saturated carbocycles. The molecular formula is C10H24O2. The molecule has 0 rings (SSSR count). The second kappa shape index (κ2) is 6.44. The van der Waals surface area contributed by atoms with Gasteiger partial charge in [0.25, 0.3) is 0 Å². The van der Waals surface area contributed by atoms with Crippen LogP contribution in [0.2, 0.25) is 0 Å². The predicted octanol–water partition coefficient (Wildman–Crippen LogP) is 2.15. The highest BCUT2D eigenvalue weighted by Gasteiger charge is 2.16. The molecule has 0 aromatic carbocycles. The van der Waals surface area contributed by atoms with Crippen molar-refractivity contribution in [2.75, 3.05) is 0 Å². The summed E-state index contributed by atoms with van der Waals surface area (Å²) in [6, 6.07) is 0. The maximum absolute atomic E-state index is 9.64. The van der Waals surface area contributed by atoms with Gasteiger partial charge in [0.15, 0.2) is 0 Å². The van der Waals surface area contributed by atoms with Crippen molar-refractivity contribution < 1.29 is 10.6 Å². The van der Waals surface area contributed by atoms with Crippen molar-refractivity contribution in [1.29, 1.82) is 0 Å². The van der Waals surface area contributed by atoms with Crippen molar-refractivity contribution in [3.05, 3.63) is 0 Å². The quantitative estimate of drug-likeness (QED) is 0.685. The number of rotatable bonds is 5. The molecule has 76 valence electrons. The molecule has 0 fully saturated rings. The average molecular weight is 176 g/mol. The number of hydrogen-bond acceptors (Lipinski definition) is 1. The summed E-state index contributed by atoms with van der Waals surface area (Å²) in [4.78, 5) is 0. The smallest absolute Gasteiger partial charge is 0.0617 e. The molecule has 0 radical (unpaired) electrons. The van der Waals surface area contributed by atoms with E-state index in [0.717, 1.165) is 25.2 Å². The molecular weight excluding hydrogens is 152 g/mol.